The molecule has 2 fully saturated rings. The standard InChI is InChI=1S/C31H29N3O4S/c1-36-30(35)21-11-9-20(10-12-21)26-17-18-27(38-26)29-28(25-8-4-5-19-32-25)33-31(39)34(29)22-13-15-24(16-14-22)37-23-6-2-3-7-23/h4-5,8-19,23,28-29H,2-3,6-7H2,1H3,(H,33,39)/t28-,29-/m1/s1. The Morgan fingerprint density at radius 2 is 1.77 bits per heavy atom. The molecule has 0 radical (unpaired) electrons. The first kappa shape index (κ1) is 25.1. The summed E-state index contributed by atoms with van der Waals surface area (Å²) in [6, 6.07) is 24.6. The topological polar surface area (TPSA) is 76.8 Å². The lowest BCUT2D eigenvalue weighted by Crippen LogP contribution is -2.29. The number of hydrogen-bond donors (Lipinski definition) is 1. The Kier molecular flexibility index (Phi) is 7.02. The summed E-state index contributed by atoms with van der Waals surface area (Å²) in [6.45, 7) is 0. The largest absolute Gasteiger partial charge is 0.490 e. The molecule has 7 nitrogen and oxygen atoms in total. The molecule has 198 valence electrons. The smallest absolute Gasteiger partial charge is 0.337 e. The summed E-state index contributed by atoms with van der Waals surface area (Å²) in [5.41, 5.74) is 3.15. The van der Waals surface area contributed by atoms with Gasteiger partial charge in [0.05, 0.1) is 30.5 Å². The third kappa shape index (κ3) is 5.12. The number of ether oxygens (including phenoxy) is 2. The number of benzene rings is 2. The van der Waals surface area contributed by atoms with Gasteiger partial charge in [0.15, 0.2) is 5.11 Å². The highest BCUT2D eigenvalue weighted by molar-refractivity contribution is 7.80. The van der Waals surface area contributed by atoms with Crippen LogP contribution < -0.4 is 15.0 Å². The van der Waals surface area contributed by atoms with E-state index in [4.69, 9.17) is 26.1 Å². The Morgan fingerprint density at radius 1 is 1.00 bits per heavy atom. The molecule has 39 heavy (non-hydrogen) atoms. The minimum Gasteiger partial charge on any atom is -0.490 e. The molecular weight excluding hydrogens is 510 g/mol. The van der Waals surface area contributed by atoms with Crippen molar-refractivity contribution >= 4 is 29.0 Å². The fourth-order valence-electron chi connectivity index (χ4n) is 5.36. The van der Waals surface area contributed by atoms with Crippen molar-refractivity contribution in [2.24, 2.45) is 0 Å². The normalized spacial score (nSPS) is 19.2. The molecule has 0 unspecified atom stereocenters. The fraction of sp³-hybridized carbons (Fsp3) is 0.258. The molecule has 1 saturated carbocycles. The van der Waals surface area contributed by atoms with Gasteiger partial charge in [-0.15, -0.1) is 0 Å². The average molecular weight is 540 g/mol. The summed E-state index contributed by atoms with van der Waals surface area (Å²) >= 11 is 5.85. The first-order chi connectivity index (χ1) is 19.1. The average Bonchev–Trinajstić information content (AvgIpc) is 3.74. The molecule has 0 amide bonds. The SMILES string of the molecule is COC(=O)c1ccc(-c2ccc([C@@H]3[C@@H](c4ccccn4)NC(=S)N3c3ccc(OC4CCCC4)cc3)o2)cc1. The van der Waals surface area contributed by atoms with Gasteiger partial charge < -0.3 is 24.1 Å². The molecular formula is C31H29N3O4S. The van der Waals surface area contributed by atoms with Gasteiger partial charge in [-0.3, -0.25) is 4.98 Å². The molecule has 1 saturated heterocycles. The Morgan fingerprint density at radius 3 is 2.46 bits per heavy atom. The molecule has 2 aromatic heterocycles. The van der Waals surface area contributed by atoms with Crippen LogP contribution >= 0.6 is 12.2 Å². The van der Waals surface area contributed by atoms with Crippen LogP contribution in [0.4, 0.5) is 5.69 Å². The van der Waals surface area contributed by atoms with Gasteiger partial charge in [-0.1, -0.05) is 18.2 Å². The number of esters is 1. The number of carbonyl (C=O) groups is 1. The van der Waals surface area contributed by atoms with Crippen molar-refractivity contribution in [2.75, 3.05) is 12.0 Å². The van der Waals surface area contributed by atoms with E-state index in [1.807, 2.05) is 66.7 Å². The highest BCUT2D eigenvalue weighted by atomic mass is 32.1. The number of pyridine rings is 1. The Labute approximate surface area is 232 Å². The fourth-order valence-corrected chi connectivity index (χ4v) is 5.71. The van der Waals surface area contributed by atoms with Crippen molar-refractivity contribution in [3.8, 4) is 17.1 Å². The molecule has 2 aliphatic rings. The number of thiocarbonyl (C=S) groups is 1. The van der Waals surface area contributed by atoms with Crippen LogP contribution in [-0.4, -0.2) is 29.3 Å². The van der Waals surface area contributed by atoms with Crippen LogP contribution in [0.5, 0.6) is 5.75 Å². The maximum atomic E-state index is 11.8. The van der Waals surface area contributed by atoms with Gasteiger partial charge in [0, 0.05) is 17.4 Å². The lowest BCUT2D eigenvalue weighted by atomic mass is 10.0. The molecule has 8 heteroatoms. The van der Waals surface area contributed by atoms with E-state index in [9.17, 15) is 4.79 Å². The van der Waals surface area contributed by atoms with Crippen LogP contribution in [0.1, 0.15) is 59.6 Å². The number of rotatable bonds is 7. The van der Waals surface area contributed by atoms with Crippen molar-refractivity contribution in [1.82, 2.24) is 10.3 Å². The van der Waals surface area contributed by atoms with Gasteiger partial charge in [-0.2, -0.15) is 0 Å². The Balaban J connectivity index is 1.32. The van der Waals surface area contributed by atoms with E-state index in [0.29, 0.717) is 22.5 Å². The van der Waals surface area contributed by atoms with Gasteiger partial charge in [0.25, 0.3) is 0 Å². The van der Waals surface area contributed by atoms with Crippen molar-refractivity contribution < 1.29 is 18.7 Å². The molecule has 3 heterocycles. The van der Waals surface area contributed by atoms with Crippen LogP contribution in [0.15, 0.2) is 89.5 Å². The van der Waals surface area contributed by atoms with Crippen LogP contribution in [-0.2, 0) is 4.74 Å². The first-order valence-electron chi connectivity index (χ1n) is 13.2. The van der Waals surface area contributed by atoms with Crippen molar-refractivity contribution in [2.45, 2.75) is 43.9 Å². The lowest BCUT2D eigenvalue weighted by Gasteiger charge is -2.26. The Hall–Kier alpha value is -4.17. The summed E-state index contributed by atoms with van der Waals surface area (Å²) < 4.78 is 17.4. The predicted octanol–water partition coefficient (Wildman–Crippen LogP) is 6.63. The maximum absolute atomic E-state index is 11.8. The number of furan rings is 1. The maximum Gasteiger partial charge on any atom is 0.337 e. The quantitative estimate of drug-likeness (QED) is 0.207. The second-order valence-corrected chi connectivity index (χ2v) is 10.2. The minimum atomic E-state index is -0.374. The number of anilines is 1. The van der Waals surface area contributed by atoms with E-state index in [1.165, 1.54) is 20.0 Å². The zero-order valence-corrected chi connectivity index (χ0v) is 22.4. The third-order valence-corrected chi connectivity index (χ3v) is 7.64. The van der Waals surface area contributed by atoms with E-state index < -0.39 is 0 Å². The van der Waals surface area contributed by atoms with Gasteiger partial charge in [0.1, 0.15) is 23.3 Å². The van der Waals surface area contributed by atoms with Crippen LogP contribution in [0.2, 0.25) is 0 Å². The number of nitrogens with one attached hydrogen (secondary N) is 1. The molecule has 2 aromatic carbocycles. The third-order valence-electron chi connectivity index (χ3n) is 7.33. The van der Waals surface area contributed by atoms with E-state index in [0.717, 1.165) is 41.3 Å². The predicted molar refractivity (Wildman–Crippen MR) is 153 cm³/mol. The minimum absolute atomic E-state index is 0.214. The summed E-state index contributed by atoms with van der Waals surface area (Å²) in [6.07, 6.45) is 6.77. The molecule has 2 atom stereocenters. The van der Waals surface area contributed by atoms with E-state index in [2.05, 4.69) is 15.2 Å². The number of nitrogens with zero attached hydrogens (tertiary/aromatic N) is 2. The molecule has 6 rings (SSSR count). The van der Waals surface area contributed by atoms with Crippen molar-refractivity contribution in [3.05, 3.63) is 102 Å². The highest BCUT2D eigenvalue weighted by Gasteiger charge is 2.42. The molecule has 4 aromatic rings. The van der Waals surface area contributed by atoms with E-state index >= 15 is 0 Å². The molecule has 1 N–H and O–H groups in total. The van der Waals surface area contributed by atoms with Crippen molar-refractivity contribution in [1.29, 1.82) is 0 Å². The van der Waals surface area contributed by atoms with E-state index in [-0.39, 0.29) is 18.1 Å². The highest BCUT2D eigenvalue weighted by Crippen LogP contribution is 2.43. The van der Waals surface area contributed by atoms with Gasteiger partial charge in [-0.25, -0.2) is 4.79 Å². The second-order valence-electron chi connectivity index (χ2n) is 9.79. The number of methoxy groups -OCH3 is 1. The number of aromatic nitrogens is 1. The van der Waals surface area contributed by atoms with Crippen LogP contribution in [0, 0.1) is 0 Å². The number of hydrogen-bond acceptors (Lipinski definition) is 6. The summed E-state index contributed by atoms with van der Waals surface area (Å²) in [4.78, 5) is 18.5. The first-order valence-corrected chi connectivity index (χ1v) is 13.6. The molecule has 0 spiro atoms. The van der Waals surface area contributed by atoms with E-state index in [1.54, 1.807) is 18.3 Å². The summed E-state index contributed by atoms with van der Waals surface area (Å²) in [5, 5.41) is 4.07. The van der Waals surface area contributed by atoms with Gasteiger partial charge in [0.2, 0.25) is 0 Å². The number of carbonyl (C=O) groups excluding carboxylic acids is 1. The molecule has 0 bridgehead atoms. The van der Waals surface area contributed by atoms with Gasteiger partial charge >= 0.3 is 5.97 Å². The lowest BCUT2D eigenvalue weighted by molar-refractivity contribution is 0.0600. The van der Waals surface area contributed by atoms with Gasteiger partial charge in [-0.05, 0) is 98.6 Å². The zero-order valence-electron chi connectivity index (χ0n) is 21.6. The van der Waals surface area contributed by atoms with Crippen LogP contribution in [0.25, 0.3) is 11.3 Å². The zero-order chi connectivity index (χ0) is 26.8. The molecule has 1 aliphatic carbocycles. The second kappa shape index (κ2) is 10.9. The van der Waals surface area contributed by atoms with Crippen LogP contribution in [0.3, 0.4) is 0 Å². The monoisotopic (exact) mass is 539 g/mol. The summed E-state index contributed by atoms with van der Waals surface area (Å²) in [5.74, 6) is 1.94. The summed E-state index contributed by atoms with van der Waals surface area (Å²) in [7, 11) is 1.37. The Bertz CT molecular complexity index is 1450. The molecule has 1 aliphatic heterocycles. The van der Waals surface area contributed by atoms with Crippen molar-refractivity contribution in [3.63, 3.8) is 0 Å².